The van der Waals surface area contributed by atoms with Crippen molar-refractivity contribution in [1.82, 2.24) is 5.32 Å². The Morgan fingerprint density at radius 2 is 1.85 bits per heavy atom. The maximum atomic E-state index is 12.5. The standard InChI is InChI=1S/C20H23NO5S/c1-3-25-18-10-16(7-8-17(18)26-12-19(22)23)20(24)21-11-14-5-4-6-15(9-14)13-27-2/h4-10H,3,11-13H2,1-2H3,(H,21,24)(H,22,23). The number of hydrogen-bond donors (Lipinski definition) is 2. The van der Waals surface area contributed by atoms with Gasteiger partial charge in [0.1, 0.15) is 0 Å². The number of amides is 1. The smallest absolute Gasteiger partial charge is 0.341 e. The van der Waals surface area contributed by atoms with Crippen LogP contribution in [0, 0.1) is 0 Å². The van der Waals surface area contributed by atoms with Crippen LogP contribution < -0.4 is 14.8 Å². The monoisotopic (exact) mass is 389 g/mol. The summed E-state index contributed by atoms with van der Waals surface area (Å²) in [6.07, 6.45) is 2.05. The van der Waals surface area contributed by atoms with E-state index in [2.05, 4.69) is 17.4 Å². The highest BCUT2D eigenvalue weighted by atomic mass is 32.2. The zero-order chi connectivity index (χ0) is 19.6. The normalized spacial score (nSPS) is 10.3. The minimum atomic E-state index is -1.08. The molecule has 7 heteroatoms. The van der Waals surface area contributed by atoms with Crippen LogP contribution in [0.4, 0.5) is 0 Å². The number of carbonyl (C=O) groups is 2. The van der Waals surface area contributed by atoms with Gasteiger partial charge in [-0.1, -0.05) is 24.3 Å². The molecule has 0 bridgehead atoms. The largest absolute Gasteiger partial charge is 0.490 e. The lowest BCUT2D eigenvalue weighted by Gasteiger charge is -2.12. The van der Waals surface area contributed by atoms with E-state index in [0.29, 0.717) is 30.2 Å². The Hall–Kier alpha value is -2.67. The first-order chi connectivity index (χ1) is 13.0. The minimum absolute atomic E-state index is 0.240. The van der Waals surface area contributed by atoms with Gasteiger partial charge in [-0.15, -0.1) is 0 Å². The Kier molecular flexibility index (Phi) is 8.00. The maximum Gasteiger partial charge on any atom is 0.341 e. The third-order valence-electron chi connectivity index (χ3n) is 3.61. The molecule has 0 aromatic heterocycles. The zero-order valence-corrected chi connectivity index (χ0v) is 16.2. The molecule has 27 heavy (non-hydrogen) atoms. The highest BCUT2D eigenvalue weighted by Crippen LogP contribution is 2.28. The Balaban J connectivity index is 2.05. The molecule has 1 amide bonds. The van der Waals surface area contributed by atoms with Crippen molar-refractivity contribution in [3.05, 3.63) is 59.2 Å². The van der Waals surface area contributed by atoms with Gasteiger partial charge in [-0.05, 0) is 42.5 Å². The number of carbonyl (C=O) groups excluding carboxylic acids is 1. The number of nitrogens with one attached hydrogen (secondary N) is 1. The fourth-order valence-electron chi connectivity index (χ4n) is 2.46. The summed E-state index contributed by atoms with van der Waals surface area (Å²) in [4.78, 5) is 23.1. The fraction of sp³-hybridized carbons (Fsp3) is 0.300. The van der Waals surface area contributed by atoms with Crippen LogP contribution in [0.25, 0.3) is 0 Å². The Bertz CT molecular complexity index is 794. The molecule has 0 spiro atoms. The van der Waals surface area contributed by atoms with Crippen molar-refractivity contribution in [2.24, 2.45) is 0 Å². The molecule has 0 fully saturated rings. The molecular weight excluding hydrogens is 366 g/mol. The van der Waals surface area contributed by atoms with Crippen molar-refractivity contribution in [2.45, 2.75) is 19.2 Å². The van der Waals surface area contributed by atoms with Gasteiger partial charge in [0.05, 0.1) is 6.61 Å². The van der Waals surface area contributed by atoms with Crippen LogP contribution in [0.2, 0.25) is 0 Å². The maximum absolute atomic E-state index is 12.5. The summed E-state index contributed by atoms with van der Waals surface area (Å²) in [6, 6.07) is 12.8. The molecule has 0 heterocycles. The average molecular weight is 389 g/mol. The second-order valence-corrected chi connectivity index (χ2v) is 6.58. The van der Waals surface area contributed by atoms with Crippen LogP contribution in [0.15, 0.2) is 42.5 Å². The van der Waals surface area contributed by atoms with Gasteiger partial charge in [-0.3, -0.25) is 4.79 Å². The lowest BCUT2D eigenvalue weighted by atomic mass is 10.1. The van der Waals surface area contributed by atoms with Crippen LogP contribution in [0.3, 0.4) is 0 Å². The SMILES string of the molecule is CCOc1cc(C(=O)NCc2cccc(CSC)c2)ccc1OCC(=O)O. The number of benzene rings is 2. The van der Waals surface area contributed by atoms with Gasteiger partial charge in [0, 0.05) is 17.9 Å². The summed E-state index contributed by atoms with van der Waals surface area (Å²) >= 11 is 1.75. The van der Waals surface area contributed by atoms with Crippen LogP contribution >= 0.6 is 11.8 Å². The highest BCUT2D eigenvalue weighted by Gasteiger charge is 2.12. The molecule has 2 N–H and O–H groups in total. The van der Waals surface area contributed by atoms with E-state index in [1.165, 1.54) is 5.56 Å². The quantitative estimate of drug-likeness (QED) is 0.648. The van der Waals surface area contributed by atoms with Crippen molar-refractivity contribution in [2.75, 3.05) is 19.5 Å². The third kappa shape index (κ3) is 6.53. The van der Waals surface area contributed by atoms with E-state index < -0.39 is 12.6 Å². The number of rotatable bonds is 10. The van der Waals surface area contributed by atoms with E-state index in [0.717, 1.165) is 11.3 Å². The summed E-state index contributed by atoms with van der Waals surface area (Å²) in [5, 5.41) is 11.6. The summed E-state index contributed by atoms with van der Waals surface area (Å²) in [7, 11) is 0. The summed E-state index contributed by atoms with van der Waals surface area (Å²) in [5.74, 6) is 0.241. The topological polar surface area (TPSA) is 84.9 Å². The van der Waals surface area contributed by atoms with E-state index in [-0.39, 0.29) is 5.91 Å². The van der Waals surface area contributed by atoms with Crippen LogP contribution in [0.5, 0.6) is 11.5 Å². The van der Waals surface area contributed by atoms with Gasteiger partial charge in [0.25, 0.3) is 5.91 Å². The second-order valence-electron chi connectivity index (χ2n) is 5.71. The first-order valence-electron chi connectivity index (χ1n) is 8.50. The van der Waals surface area contributed by atoms with Gasteiger partial charge in [-0.2, -0.15) is 11.8 Å². The Morgan fingerprint density at radius 3 is 2.56 bits per heavy atom. The van der Waals surface area contributed by atoms with Gasteiger partial charge >= 0.3 is 5.97 Å². The van der Waals surface area contributed by atoms with E-state index in [1.54, 1.807) is 36.9 Å². The number of carboxylic acids is 1. The number of carboxylic acid groups (broad SMARTS) is 1. The molecule has 0 aliphatic heterocycles. The molecule has 144 valence electrons. The molecule has 0 saturated carbocycles. The van der Waals surface area contributed by atoms with Crippen molar-refractivity contribution in [3.8, 4) is 11.5 Å². The lowest BCUT2D eigenvalue weighted by Crippen LogP contribution is -2.23. The van der Waals surface area contributed by atoms with Crippen molar-refractivity contribution >= 4 is 23.6 Å². The minimum Gasteiger partial charge on any atom is -0.490 e. The highest BCUT2D eigenvalue weighted by molar-refractivity contribution is 7.97. The predicted molar refractivity (Wildman–Crippen MR) is 106 cm³/mol. The summed E-state index contributed by atoms with van der Waals surface area (Å²) in [6.45, 7) is 2.12. The molecule has 6 nitrogen and oxygen atoms in total. The third-order valence-corrected chi connectivity index (χ3v) is 4.23. The molecule has 0 aliphatic carbocycles. The van der Waals surface area contributed by atoms with Crippen molar-refractivity contribution in [3.63, 3.8) is 0 Å². The van der Waals surface area contributed by atoms with E-state index in [9.17, 15) is 9.59 Å². The van der Waals surface area contributed by atoms with Crippen LogP contribution in [-0.2, 0) is 17.1 Å². The molecule has 2 rings (SSSR count). The van der Waals surface area contributed by atoms with Gasteiger partial charge in [-0.25, -0.2) is 4.79 Å². The number of aliphatic carboxylic acids is 1. The van der Waals surface area contributed by atoms with E-state index in [4.69, 9.17) is 14.6 Å². The number of hydrogen-bond acceptors (Lipinski definition) is 5. The predicted octanol–water partition coefficient (Wildman–Crippen LogP) is 3.34. The van der Waals surface area contributed by atoms with Gasteiger partial charge < -0.3 is 19.9 Å². The first kappa shape index (κ1) is 20.6. The molecule has 0 atom stereocenters. The molecular formula is C20H23NO5S. The molecule has 0 radical (unpaired) electrons. The van der Waals surface area contributed by atoms with Crippen LogP contribution in [-0.4, -0.2) is 36.5 Å². The molecule has 2 aromatic rings. The Morgan fingerprint density at radius 1 is 1.07 bits per heavy atom. The van der Waals surface area contributed by atoms with Crippen molar-refractivity contribution in [1.29, 1.82) is 0 Å². The summed E-state index contributed by atoms with van der Waals surface area (Å²) in [5.41, 5.74) is 2.66. The molecule has 0 saturated heterocycles. The van der Waals surface area contributed by atoms with Gasteiger partial charge in [0.2, 0.25) is 0 Å². The summed E-state index contributed by atoms with van der Waals surface area (Å²) < 4.78 is 10.7. The number of ether oxygens (including phenoxy) is 2. The second kappa shape index (κ2) is 10.5. The fourth-order valence-corrected chi connectivity index (χ4v) is 2.97. The Labute approximate surface area is 162 Å². The average Bonchev–Trinajstić information content (AvgIpc) is 2.66. The van der Waals surface area contributed by atoms with E-state index in [1.807, 2.05) is 18.4 Å². The number of thioether (sulfide) groups is 1. The molecule has 0 aliphatic rings. The van der Waals surface area contributed by atoms with Crippen molar-refractivity contribution < 1.29 is 24.2 Å². The zero-order valence-electron chi connectivity index (χ0n) is 15.4. The first-order valence-corrected chi connectivity index (χ1v) is 9.89. The lowest BCUT2D eigenvalue weighted by molar-refractivity contribution is -0.139. The molecule has 0 unspecified atom stereocenters. The van der Waals surface area contributed by atoms with Crippen LogP contribution in [0.1, 0.15) is 28.4 Å². The van der Waals surface area contributed by atoms with Gasteiger partial charge in [0.15, 0.2) is 18.1 Å². The molecule has 2 aromatic carbocycles. The van der Waals surface area contributed by atoms with E-state index >= 15 is 0 Å².